The largest absolute Gasteiger partial charge is 0.456 e. The molecule has 4 aromatic heterocycles. The van der Waals surface area contributed by atoms with Crippen LogP contribution in [0.1, 0.15) is 8.22 Å². The van der Waals surface area contributed by atoms with E-state index in [1.54, 1.807) is 4.57 Å². The average molecular weight is 813 g/mol. The van der Waals surface area contributed by atoms with Crippen LogP contribution in [0.5, 0.6) is 0 Å². The molecule has 6 nitrogen and oxygen atoms in total. The number of para-hydroxylation sites is 4. The number of hydrogen-bond donors (Lipinski definition) is 0. The Morgan fingerprint density at radius 1 is 0.365 bits per heavy atom. The first kappa shape index (κ1) is 29.6. The van der Waals surface area contributed by atoms with E-state index in [1.165, 1.54) is 12.1 Å². The molecule has 0 spiro atoms. The van der Waals surface area contributed by atoms with E-state index < -0.39 is 0 Å². The van der Waals surface area contributed by atoms with E-state index in [0.29, 0.717) is 45.5 Å². The number of hydrogen-bond acceptors (Lipinski definition) is 5. The van der Waals surface area contributed by atoms with Crippen molar-refractivity contribution in [2.24, 2.45) is 0 Å². The lowest BCUT2D eigenvalue weighted by Crippen LogP contribution is -2.00. The van der Waals surface area contributed by atoms with Crippen molar-refractivity contribution < 1.29 is 17.1 Å². The van der Waals surface area contributed by atoms with Crippen LogP contribution >= 0.6 is 0 Å². The fourth-order valence-corrected chi connectivity index (χ4v) is 8.87. The normalized spacial score (nSPS) is 13.1. The lowest BCUT2D eigenvalue weighted by atomic mass is 9.95. The Kier molecular flexibility index (Phi) is 6.56. The molecule has 0 aliphatic heterocycles. The van der Waals surface area contributed by atoms with Crippen molar-refractivity contribution in [3.63, 3.8) is 0 Å². The molecule has 0 unspecified atom stereocenters. The molecular formula is C57H34N4O2. The van der Waals surface area contributed by atoms with Gasteiger partial charge in [0, 0.05) is 60.1 Å². The van der Waals surface area contributed by atoms with Crippen LogP contribution in [0.2, 0.25) is 0 Å². The Bertz CT molecular complexity index is 4150. The van der Waals surface area contributed by atoms with Crippen LogP contribution in [0.15, 0.2) is 215 Å². The molecule has 13 aromatic rings. The minimum Gasteiger partial charge on any atom is -0.456 e. The predicted molar refractivity (Wildman–Crippen MR) is 256 cm³/mol. The van der Waals surface area contributed by atoms with E-state index in [9.17, 15) is 2.74 Å². The third kappa shape index (κ3) is 5.69. The number of rotatable bonds is 6. The number of benzene rings is 9. The number of furan rings is 2. The van der Waals surface area contributed by atoms with Crippen LogP contribution < -0.4 is 0 Å². The number of nitrogens with zero attached hydrogens (tertiary/aromatic N) is 4. The first-order valence-electron chi connectivity index (χ1n) is 23.6. The van der Waals surface area contributed by atoms with E-state index in [4.69, 9.17) is 29.3 Å². The molecule has 6 heteroatoms. The van der Waals surface area contributed by atoms with E-state index in [1.807, 2.05) is 146 Å². The second kappa shape index (κ2) is 14.0. The van der Waals surface area contributed by atoms with Gasteiger partial charge < -0.3 is 13.4 Å². The van der Waals surface area contributed by atoms with Crippen LogP contribution in [0, 0.1) is 0 Å². The van der Waals surface area contributed by atoms with E-state index in [-0.39, 0.29) is 58.1 Å². The molecule has 13 rings (SSSR count). The van der Waals surface area contributed by atoms with Gasteiger partial charge in [0.25, 0.3) is 0 Å². The standard InChI is InChI=1S/C57H34N4O2/c1-3-14-35(15-4-1)55-58-56(36-16-5-2-6-17-36)60-57(59-55)39-26-29-43-47-33-38(28-31-52(47)62-53(43)34-39)37-27-30-50(61-48-23-10-7-18-40(48)41-19-8-11-24-49(41)61)46(32-37)45-22-13-21-44-42-20-9-12-25-51(42)63-54(44)45/h1-34H/i7D,8D,18D,19D,23D,24D. The van der Waals surface area contributed by atoms with Crippen molar-refractivity contribution in [1.29, 1.82) is 0 Å². The predicted octanol–water partition coefficient (Wildman–Crippen LogP) is 15.1. The number of aromatic nitrogens is 4. The van der Waals surface area contributed by atoms with Crippen LogP contribution in [0.25, 0.3) is 128 Å². The summed E-state index contributed by atoms with van der Waals surface area (Å²) in [6, 6.07) is 53.6. The maximum atomic E-state index is 9.22. The molecule has 9 aromatic carbocycles. The fraction of sp³-hybridized carbons (Fsp3) is 0. The van der Waals surface area contributed by atoms with Crippen molar-refractivity contribution in [2.75, 3.05) is 0 Å². The Morgan fingerprint density at radius 2 is 0.952 bits per heavy atom. The molecule has 0 bridgehead atoms. The molecule has 0 amide bonds. The van der Waals surface area contributed by atoms with E-state index >= 15 is 0 Å². The topological polar surface area (TPSA) is 69.9 Å². The van der Waals surface area contributed by atoms with Crippen molar-refractivity contribution >= 4 is 65.7 Å². The zero-order chi connectivity index (χ0) is 46.7. The molecule has 294 valence electrons. The number of fused-ring (bicyclic) bond motifs is 9. The molecule has 0 atom stereocenters. The maximum Gasteiger partial charge on any atom is 0.164 e. The second-order valence-electron chi connectivity index (χ2n) is 15.5. The Labute approximate surface area is 369 Å². The smallest absolute Gasteiger partial charge is 0.164 e. The summed E-state index contributed by atoms with van der Waals surface area (Å²) < 4.78 is 68.6. The van der Waals surface area contributed by atoms with Crippen LogP contribution in [0.3, 0.4) is 0 Å². The van der Waals surface area contributed by atoms with Crippen LogP contribution in [0.4, 0.5) is 0 Å². The molecule has 0 saturated heterocycles. The molecule has 0 radical (unpaired) electrons. The van der Waals surface area contributed by atoms with Gasteiger partial charge in [-0.2, -0.15) is 0 Å². The molecule has 0 aliphatic rings. The minimum absolute atomic E-state index is 0.0336. The Hall–Kier alpha value is -8.61. The maximum absolute atomic E-state index is 9.22. The lowest BCUT2D eigenvalue weighted by molar-refractivity contribution is 0.669. The quantitative estimate of drug-likeness (QED) is 0.167. The lowest BCUT2D eigenvalue weighted by Gasteiger charge is -2.16. The van der Waals surface area contributed by atoms with Crippen molar-refractivity contribution in [2.45, 2.75) is 0 Å². The van der Waals surface area contributed by atoms with Gasteiger partial charge in [0.1, 0.15) is 22.3 Å². The monoisotopic (exact) mass is 812 g/mol. The van der Waals surface area contributed by atoms with Gasteiger partial charge in [0.2, 0.25) is 0 Å². The van der Waals surface area contributed by atoms with Crippen LogP contribution in [-0.4, -0.2) is 19.5 Å². The summed E-state index contributed by atoms with van der Waals surface area (Å²) in [5.74, 6) is 1.66. The highest BCUT2D eigenvalue weighted by Crippen LogP contribution is 2.43. The van der Waals surface area contributed by atoms with Gasteiger partial charge in [-0.3, -0.25) is 0 Å². The first-order valence-corrected chi connectivity index (χ1v) is 20.6. The van der Waals surface area contributed by atoms with Gasteiger partial charge in [0.05, 0.1) is 24.9 Å². The van der Waals surface area contributed by atoms with Crippen LogP contribution in [-0.2, 0) is 0 Å². The van der Waals surface area contributed by atoms with Gasteiger partial charge in [-0.25, -0.2) is 15.0 Å². The van der Waals surface area contributed by atoms with E-state index in [2.05, 4.69) is 12.1 Å². The molecule has 63 heavy (non-hydrogen) atoms. The van der Waals surface area contributed by atoms with Gasteiger partial charge in [-0.15, -0.1) is 0 Å². The molecule has 0 saturated carbocycles. The minimum atomic E-state index is -0.172. The summed E-state index contributed by atoms with van der Waals surface area (Å²) in [6.07, 6.45) is 0. The Morgan fingerprint density at radius 3 is 1.68 bits per heavy atom. The SMILES string of the molecule is [2H]c1cc([2H])c2c(c1[2H])c1c([2H])c([2H])cc([2H])c1n2-c1ccc(-c2ccc3oc4cc(-c5nc(-c6ccccc6)nc(-c6ccccc6)n5)ccc4c3c2)cc1-c1cccc2c1oc1ccccc12. The highest BCUT2D eigenvalue weighted by molar-refractivity contribution is 6.13. The zero-order valence-electron chi connectivity index (χ0n) is 39.3. The third-order valence-electron chi connectivity index (χ3n) is 11.8. The second-order valence-corrected chi connectivity index (χ2v) is 15.5. The van der Waals surface area contributed by atoms with Gasteiger partial charge in [0.15, 0.2) is 17.5 Å². The molecular weight excluding hydrogens is 773 g/mol. The van der Waals surface area contributed by atoms with Crippen molar-refractivity contribution in [1.82, 2.24) is 19.5 Å². The summed E-state index contributed by atoms with van der Waals surface area (Å²) >= 11 is 0. The summed E-state index contributed by atoms with van der Waals surface area (Å²) in [4.78, 5) is 14.7. The zero-order valence-corrected chi connectivity index (χ0v) is 33.3. The van der Waals surface area contributed by atoms with Gasteiger partial charge in [-0.1, -0.05) is 152 Å². The fourth-order valence-electron chi connectivity index (χ4n) is 8.87. The Balaban J connectivity index is 1.01. The molecule has 0 N–H and O–H groups in total. The molecule has 0 fully saturated rings. The summed E-state index contributed by atoms with van der Waals surface area (Å²) in [6.45, 7) is 0. The summed E-state index contributed by atoms with van der Waals surface area (Å²) in [7, 11) is 0. The van der Waals surface area contributed by atoms with Gasteiger partial charge >= 0.3 is 0 Å². The highest BCUT2D eigenvalue weighted by Gasteiger charge is 2.21. The summed E-state index contributed by atoms with van der Waals surface area (Å²) in [5.41, 5.74) is 9.67. The first-order chi connectivity index (χ1) is 33.7. The van der Waals surface area contributed by atoms with Crippen molar-refractivity contribution in [3.8, 4) is 62.1 Å². The third-order valence-corrected chi connectivity index (χ3v) is 11.8. The highest BCUT2D eigenvalue weighted by atomic mass is 16.3. The average Bonchev–Trinajstić information content (AvgIpc) is 4.08. The molecule has 4 heterocycles. The molecule has 0 aliphatic carbocycles. The van der Waals surface area contributed by atoms with Crippen molar-refractivity contribution in [3.05, 3.63) is 206 Å². The summed E-state index contributed by atoms with van der Waals surface area (Å²) in [5, 5.41) is 4.08. The van der Waals surface area contributed by atoms with Gasteiger partial charge in [-0.05, 0) is 65.7 Å². The van der Waals surface area contributed by atoms with E-state index in [0.717, 1.165) is 60.5 Å².